The van der Waals surface area contributed by atoms with Gasteiger partial charge in [0.05, 0.1) is 11.9 Å². The molecule has 198 valence electrons. The molecule has 0 aliphatic rings. The summed E-state index contributed by atoms with van der Waals surface area (Å²) in [7, 11) is -3.57. The second-order valence-electron chi connectivity index (χ2n) is 9.49. The van der Waals surface area contributed by atoms with Crippen LogP contribution in [0.5, 0.6) is 0 Å². The Morgan fingerprint density at radius 1 is 1.08 bits per heavy atom. The lowest BCUT2D eigenvalue weighted by Crippen LogP contribution is -2.49. The van der Waals surface area contributed by atoms with Crippen molar-refractivity contribution in [3.8, 4) is 0 Å². The average molecular weight is 536 g/mol. The molecule has 2 rings (SSSR count). The van der Waals surface area contributed by atoms with Crippen LogP contribution in [0.2, 0.25) is 5.02 Å². The first-order valence-electron chi connectivity index (χ1n) is 12.3. The minimum Gasteiger partial charge on any atom is -0.354 e. The minimum absolute atomic E-state index is 0.104. The highest BCUT2D eigenvalue weighted by molar-refractivity contribution is 7.92. The number of nitrogens with zero attached hydrogens (tertiary/aromatic N) is 2. The maximum Gasteiger partial charge on any atom is 0.242 e. The first-order valence-corrected chi connectivity index (χ1v) is 14.5. The number of rotatable bonds is 13. The number of hydrogen-bond acceptors (Lipinski definition) is 4. The SMILES string of the molecule is CC[C@H](C(=O)NCC(C)C)N(Cc1ccc(C)cc1)C(=O)CCCN(c1cccc(Cl)c1)S(C)(=O)=O. The first kappa shape index (κ1) is 29.6. The fraction of sp³-hybridized carbons (Fsp3) is 0.481. The molecule has 0 radical (unpaired) electrons. The van der Waals surface area contributed by atoms with Crippen molar-refractivity contribution >= 4 is 39.1 Å². The zero-order chi connectivity index (χ0) is 26.9. The summed E-state index contributed by atoms with van der Waals surface area (Å²) < 4.78 is 26.1. The van der Waals surface area contributed by atoms with E-state index >= 15 is 0 Å². The highest BCUT2D eigenvalue weighted by Crippen LogP contribution is 2.23. The molecule has 0 saturated carbocycles. The lowest BCUT2D eigenvalue weighted by molar-refractivity contribution is -0.141. The third kappa shape index (κ3) is 9.13. The van der Waals surface area contributed by atoms with E-state index in [1.54, 1.807) is 29.2 Å². The van der Waals surface area contributed by atoms with Crippen LogP contribution in [0.25, 0.3) is 0 Å². The molecule has 0 spiro atoms. The molecule has 0 aliphatic carbocycles. The molecule has 2 aromatic carbocycles. The Bertz CT molecular complexity index is 1120. The van der Waals surface area contributed by atoms with Gasteiger partial charge in [-0.25, -0.2) is 8.42 Å². The lowest BCUT2D eigenvalue weighted by Gasteiger charge is -2.31. The van der Waals surface area contributed by atoms with Gasteiger partial charge in [-0.15, -0.1) is 0 Å². The number of amides is 2. The second-order valence-corrected chi connectivity index (χ2v) is 11.8. The molecule has 0 saturated heterocycles. The van der Waals surface area contributed by atoms with Gasteiger partial charge in [-0.3, -0.25) is 13.9 Å². The second kappa shape index (κ2) is 13.7. The third-order valence-electron chi connectivity index (χ3n) is 5.79. The summed E-state index contributed by atoms with van der Waals surface area (Å²) in [5.74, 6) is -0.0776. The van der Waals surface area contributed by atoms with Crippen LogP contribution in [0.1, 0.15) is 51.2 Å². The minimum atomic E-state index is -3.57. The largest absolute Gasteiger partial charge is 0.354 e. The average Bonchev–Trinajstić information content (AvgIpc) is 2.80. The summed E-state index contributed by atoms with van der Waals surface area (Å²) in [4.78, 5) is 28.0. The van der Waals surface area contributed by atoms with Crippen molar-refractivity contribution in [1.29, 1.82) is 0 Å². The van der Waals surface area contributed by atoms with E-state index in [4.69, 9.17) is 11.6 Å². The number of hydrogen-bond donors (Lipinski definition) is 1. The number of sulfonamides is 1. The molecule has 1 atom stereocenters. The van der Waals surface area contributed by atoms with Crippen molar-refractivity contribution in [3.05, 3.63) is 64.7 Å². The topological polar surface area (TPSA) is 86.8 Å². The van der Waals surface area contributed by atoms with Crippen LogP contribution in [-0.2, 0) is 26.2 Å². The Balaban J connectivity index is 2.20. The van der Waals surface area contributed by atoms with Crippen LogP contribution in [-0.4, -0.2) is 50.5 Å². The fourth-order valence-corrected chi connectivity index (χ4v) is 5.01. The molecule has 36 heavy (non-hydrogen) atoms. The zero-order valence-electron chi connectivity index (χ0n) is 21.8. The van der Waals surface area contributed by atoms with Crippen molar-refractivity contribution < 1.29 is 18.0 Å². The maximum absolute atomic E-state index is 13.4. The van der Waals surface area contributed by atoms with Gasteiger partial charge in [-0.1, -0.05) is 68.3 Å². The summed E-state index contributed by atoms with van der Waals surface area (Å²) in [6, 6.07) is 13.9. The number of anilines is 1. The van der Waals surface area contributed by atoms with E-state index in [2.05, 4.69) is 5.32 Å². The molecule has 9 heteroatoms. The molecule has 0 bridgehead atoms. The van der Waals surface area contributed by atoms with E-state index in [0.29, 0.717) is 42.6 Å². The quantitative estimate of drug-likeness (QED) is 0.400. The number of benzene rings is 2. The normalized spacial score (nSPS) is 12.3. The van der Waals surface area contributed by atoms with Crippen LogP contribution in [0, 0.1) is 12.8 Å². The van der Waals surface area contributed by atoms with Crippen LogP contribution < -0.4 is 9.62 Å². The molecule has 0 aromatic heterocycles. The standard InChI is InChI=1S/C27H38ClN3O4S/c1-6-25(27(33)29-18-20(2)3)30(19-22-14-12-21(4)13-15-22)26(32)11-8-16-31(36(5,34)35)24-10-7-9-23(28)17-24/h7,9-10,12-15,17,20,25H,6,8,11,16,18-19H2,1-5H3,(H,29,33)/t25-/m1/s1. The monoisotopic (exact) mass is 535 g/mol. The van der Waals surface area contributed by atoms with Crippen molar-refractivity contribution in [1.82, 2.24) is 10.2 Å². The molecule has 0 aliphatic heterocycles. The molecule has 1 N–H and O–H groups in total. The lowest BCUT2D eigenvalue weighted by atomic mass is 10.1. The predicted molar refractivity (Wildman–Crippen MR) is 147 cm³/mol. The predicted octanol–water partition coefficient (Wildman–Crippen LogP) is 4.77. The molecule has 2 aromatic rings. The Hall–Kier alpha value is -2.58. The number of nitrogens with one attached hydrogen (secondary N) is 1. The smallest absolute Gasteiger partial charge is 0.242 e. The fourth-order valence-electron chi connectivity index (χ4n) is 3.87. The van der Waals surface area contributed by atoms with E-state index in [9.17, 15) is 18.0 Å². The summed E-state index contributed by atoms with van der Waals surface area (Å²) in [6.45, 7) is 8.88. The molecule has 0 fully saturated rings. The van der Waals surface area contributed by atoms with Gasteiger partial charge in [0.1, 0.15) is 6.04 Å². The Morgan fingerprint density at radius 2 is 1.75 bits per heavy atom. The van der Waals surface area contributed by atoms with E-state index in [-0.39, 0.29) is 24.8 Å². The third-order valence-corrected chi connectivity index (χ3v) is 7.22. The molecule has 0 heterocycles. The van der Waals surface area contributed by atoms with Gasteiger partial charge in [0.15, 0.2) is 0 Å². The highest BCUT2D eigenvalue weighted by Gasteiger charge is 2.29. The van der Waals surface area contributed by atoms with Gasteiger partial charge >= 0.3 is 0 Å². The van der Waals surface area contributed by atoms with E-state index < -0.39 is 16.1 Å². The van der Waals surface area contributed by atoms with Crippen molar-refractivity contribution in [2.45, 2.75) is 59.5 Å². The Kier molecular flexibility index (Phi) is 11.2. The van der Waals surface area contributed by atoms with Crippen LogP contribution in [0.4, 0.5) is 5.69 Å². The van der Waals surface area contributed by atoms with Gasteiger partial charge in [-0.2, -0.15) is 0 Å². The van der Waals surface area contributed by atoms with E-state index in [1.165, 1.54) is 4.31 Å². The summed E-state index contributed by atoms with van der Waals surface area (Å²) in [5, 5.41) is 3.38. The van der Waals surface area contributed by atoms with Gasteiger partial charge < -0.3 is 10.2 Å². The zero-order valence-corrected chi connectivity index (χ0v) is 23.4. The molecule has 2 amide bonds. The van der Waals surface area contributed by atoms with Crippen molar-refractivity contribution in [2.24, 2.45) is 5.92 Å². The van der Waals surface area contributed by atoms with Crippen LogP contribution in [0.15, 0.2) is 48.5 Å². The van der Waals surface area contributed by atoms with Gasteiger partial charge in [0.25, 0.3) is 0 Å². The van der Waals surface area contributed by atoms with Gasteiger partial charge in [0, 0.05) is 31.1 Å². The number of carbonyl (C=O) groups excluding carboxylic acids is 2. The molecule has 0 unspecified atom stereocenters. The van der Waals surface area contributed by atoms with Crippen LogP contribution in [0.3, 0.4) is 0 Å². The number of aryl methyl sites for hydroxylation is 1. The highest BCUT2D eigenvalue weighted by atomic mass is 35.5. The number of carbonyl (C=O) groups is 2. The molecule has 7 nitrogen and oxygen atoms in total. The number of halogens is 1. The summed E-state index contributed by atoms with van der Waals surface area (Å²) in [5.41, 5.74) is 2.49. The molecular formula is C27H38ClN3O4S. The van der Waals surface area contributed by atoms with Crippen molar-refractivity contribution in [2.75, 3.05) is 23.7 Å². The van der Waals surface area contributed by atoms with Gasteiger partial charge in [-0.05, 0) is 49.4 Å². The maximum atomic E-state index is 13.4. The summed E-state index contributed by atoms with van der Waals surface area (Å²) >= 11 is 6.06. The molecular weight excluding hydrogens is 498 g/mol. The Labute approximate surface area is 220 Å². The Morgan fingerprint density at radius 3 is 2.31 bits per heavy atom. The van der Waals surface area contributed by atoms with Crippen molar-refractivity contribution in [3.63, 3.8) is 0 Å². The van der Waals surface area contributed by atoms with E-state index in [0.717, 1.165) is 17.4 Å². The van der Waals surface area contributed by atoms with Gasteiger partial charge in [0.2, 0.25) is 21.8 Å². The first-order chi connectivity index (χ1) is 16.9. The summed E-state index contributed by atoms with van der Waals surface area (Å²) in [6.07, 6.45) is 2.00. The van der Waals surface area contributed by atoms with Crippen LogP contribution >= 0.6 is 11.6 Å². The van der Waals surface area contributed by atoms with E-state index in [1.807, 2.05) is 52.0 Å².